The van der Waals surface area contributed by atoms with E-state index in [1.54, 1.807) is 0 Å². The predicted molar refractivity (Wildman–Crippen MR) is 18.5 cm³/mol. The average Bonchev–Trinajstić information content (AvgIpc) is 1.14. The summed E-state index contributed by atoms with van der Waals surface area (Å²) in [6.45, 7) is 0. The Bertz CT molecular complexity index is 152. The molecular formula is HCuO7P2-3. The summed E-state index contributed by atoms with van der Waals surface area (Å²) in [5.41, 5.74) is 0. The fourth-order valence-corrected chi connectivity index (χ4v) is 1.14. The Morgan fingerprint density at radius 3 is 1.50 bits per heavy atom. The SMILES string of the molecule is O=P([O-])([O-])OP(=O)([O-])O.[Cu]. The first-order valence-corrected chi connectivity index (χ1v) is 4.43. The van der Waals surface area contributed by atoms with E-state index in [4.69, 9.17) is 4.89 Å². The minimum Gasteiger partial charge on any atom is -0.790 e. The third-order valence-electron chi connectivity index (χ3n) is 0.203. The molecule has 0 heterocycles. The number of rotatable bonds is 2. The van der Waals surface area contributed by atoms with Crippen molar-refractivity contribution in [3.8, 4) is 0 Å². The maximum absolute atomic E-state index is 9.44. The van der Waals surface area contributed by atoms with Crippen LogP contribution in [-0.2, 0) is 30.5 Å². The predicted octanol–water partition coefficient (Wildman–Crippen LogP) is -2.71. The summed E-state index contributed by atoms with van der Waals surface area (Å²) in [6, 6.07) is 0. The monoisotopic (exact) mass is 238 g/mol. The van der Waals surface area contributed by atoms with Crippen molar-refractivity contribution in [2.75, 3.05) is 0 Å². The van der Waals surface area contributed by atoms with E-state index in [0.29, 0.717) is 0 Å². The van der Waals surface area contributed by atoms with E-state index < -0.39 is 15.6 Å². The molecule has 0 amide bonds. The van der Waals surface area contributed by atoms with Crippen molar-refractivity contribution >= 4 is 15.6 Å². The van der Waals surface area contributed by atoms with E-state index in [1.807, 2.05) is 0 Å². The van der Waals surface area contributed by atoms with Crippen LogP contribution in [0.1, 0.15) is 0 Å². The second kappa shape index (κ2) is 3.97. The number of phosphoric acid groups is 2. The first kappa shape index (κ1) is 13.4. The molecule has 10 heteroatoms. The van der Waals surface area contributed by atoms with Gasteiger partial charge in [-0.2, -0.15) is 0 Å². The Kier molecular flexibility index (Phi) is 5.31. The van der Waals surface area contributed by atoms with E-state index in [1.165, 1.54) is 0 Å². The molecule has 1 N–H and O–H groups in total. The number of hydrogen-bond donors (Lipinski definition) is 1. The van der Waals surface area contributed by atoms with Gasteiger partial charge in [-0.15, -0.1) is 0 Å². The molecule has 0 aliphatic rings. The first-order chi connectivity index (χ1) is 3.71. The minimum absolute atomic E-state index is 0. The van der Waals surface area contributed by atoms with Crippen LogP contribution in [0, 0.1) is 0 Å². The van der Waals surface area contributed by atoms with Crippen molar-refractivity contribution in [3.05, 3.63) is 0 Å². The summed E-state index contributed by atoms with van der Waals surface area (Å²) in [4.78, 5) is 35.7. The van der Waals surface area contributed by atoms with Gasteiger partial charge in [-0.1, -0.05) is 0 Å². The van der Waals surface area contributed by atoms with Crippen LogP contribution < -0.4 is 14.7 Å². The molecule has 0 fully saturated rings. The molecule has 0 aromatic heterocycles. The van der Waals surface area contributed by atoms with E-state index in [-0.39, 0.29) is 17.1 Å². The van der Waals surface area contributed by atoms with Gasteiger partial charge in [0.05, 0.1) is 7.82 Å². The van der Waals surface area contributed by atoms with Crippen molar-refractivity contribution in [1.29, 1.82) is 0 Å². The maximum atomic E-state index is 9.44. The summed E-state index contributed by atoms with van der Waals surface area (Å²) < 4.78 is 21.4. The molecule has 0 aliphatic heterocycles. The zero-order valence-corrected chi connectivity index (χ0v) is 6.82. The van der Waals surface area contributed by atoms with Crippen LogP contribution in [0.15, 0.2) is 0 Å². The van der Waals surface area contributed by atoms with Crippen LogP contribution in [0.4, 0.5) is 0 Å². The van der Waals surface area contributed by atoms with Gasteiger partial charge in [0.15, 0.2) is 0 Å². The van der Waals surface area contributed by atoms with Crippen LogP contribution in [0.2, 0.25) is 0 Å². The molecule has 0 aliphatic carbocycles. The van der Waals surface area contributed by atoms with Gasteiger partial charge in [0.1, 0.15) is 0 Å². The van der Waals surface area contributed by atoms with Crippen LogP contribution in [0.3, 0.4) is 0 Å². The zero-order valence-electron chi connectivity index (χ0n) is 4.09. The van der Waals surface area contributed by atoms with Crippen LogP contribution >= 0.6 is 15.6 Å². The molecule has 0 rings (SSSR count). The Balaban J connectivity index is 0. The van der Waals surface area contributed by atoms with Crippen LogP contribution in [-0.4, -0.2) is 4.89 Å². The molecule has 0 saturated carbocycles. The Morgan fingerprint density at radius 2 is 1.50 bits per heavy atom. The van der Waals surface area contributed by atoms with Crippen molar-refractivity contribution < 1.29 is 50.1 Å². The fraction of sp³-hybridized carbons (Fsp3) is 0. The van der Waals surface area contributed by atoms with E-state index >= 15 is 0 Å². The first-order valence-electron chi connectivity index (χ1n) is 1.48. The van der Waals surface area contributed by atoms with Crippen molar-refractivity contribution in [2.24, 2.45) is 0 Å². The largest absolute Gasteiger partial charge is 0.790 e. The molecule has 10 heavy (non-hydrogen) atoms. The Labute approximate surface area is 66.4 Å². The second-order valence-corrected chi connectivity index (χ2v) is 3.48. The van der Waals surface area contributed by atoms with Gasteiger partial charge in [0.2, 0.25) is 0 Å². The molecule has 0 spiro atoms. The van der Waals surface area contributed by atoms with E-state index in [9.17, 15) is 23.8 Å². The average molecular weight is 238 g/mol. The van der Waals surface area contributed by atoms with Gasteiger partial charge in [0, 0.05) is 17.1 Å². The molecule has 1 radical (unpaired) electrons. The molecule has 1 unspecified atom stereocenters. The van der Waals surface area contributed by atoms with Crippen molar-refractivity contribution in [2.45, 2.75) is 0 Å². The third kappa shape index (κ3) is 11.6. The van der Waals surface area contributed by atoms with Crippen LogP contribution in [0.5, 0.6) is 0 Å². The standard InChI is InChI=1S/Cu.H4O7P2/c;1-8(2,3)7-9(4,5)6/h;(H2,1,2,3)(H2,4,5,6)/p-3. The molecule has 7 nitrogen and oxygen atoms in total. The van der Waals surface area contributed by atoms with Gasteiger partial charge < -0.3 is 24.1 Å². The summed E-state index contributed by atoms with van der Waals surface area (Å²) >= 11 is 0. The molecule has 0 bridgehead atoms. The smallest absolute Gasteiger partial charge is 0.269 e. The van der Waals surface area contributed by atoms with Gasteiger partial charge >= 0.3 is 0 Å². The normalized spacial score (nSPS) is 17.2. The topological polar surface area (TPSA) is 133 Å². The summed E-state index contributed by atoms with van der Waals surface area (Å²) in [6.07, 6.45) is 0. The molecule has 0 aromatic rings. The van der Waals surface area contributed by atoms with Gasteiger partial charge in [-0.3, -0.25) is 8.88 Å². The molecular weight excluding hydrogens is 237 g/mol. The van der Waals surface area contributed by atoms with Gasteiger partial charge in [-0.25, -0.2) is 0 Å². The molecule has 0 aromatic carbocycles. The number of hydrogen-bond acceptors (Lipinski definition) is 6. The fourth-order valence-electron chi connectivity index (χ4n) is 0.126. The summed E-state index contributed by atoms with van der Waals surface area (Å²) in [7, 11) is -11.0. The summed E-state index contributed by atoms with van der Waals surface area (Å²) in [5, 5.41) is 0. The quantitative estimate of drug-likeness (QED) is 0.408. The zero-order chi connectivity index (χ0) is 7.71. The van der Waals surface area contributed by atoms with E-state index in [0.717, 1.165) is 0 Å². The molecule has 1 atom stereocenters. The Morgan fingerprint density at radius 1 is 1.20 bits per heavy atom. The second-order valence-electron chi connectivity index (χ2n) is 0.997. The van der Waals surface area contributed by atoms with Crippen molar-refractivity contribution in [1.82, 2.24) is 0 Å². The molecule has 0 saturated heterocycles. The summed E-state index contributed by atoms with van der Waals surface area (Å²) in [5.74, 6) is 0. The Hall–Kier alpha value is 0.779. The molecule has 67 valence electrons. The van der Waals surface area contributed by atoms with E-state index in [2.05, 4.69) is 4.31 Å². The van der Waals surface area contributed by atoms with Crippen LogP contribution in [0.25, 0.3) is 0 Å². The third-order valence-corrected chi connectivity index (χ3v) is 1.83. The van der Waals surface area contributed by atoms with Gasteiger partial charge in [-0.05, 0) is 0 Å². The minimum atomic E-state index is -5.61. The van der Waals surface area contributed by atoms with Crippen molar-refractivity contribution in [3.63, 3.8) is 0 Å². The maximum Gasteiger partial charge on any atom is 0.269 e. The van der Waals surface area contributed by atoms with Gasteiger partial charge in [0.25, 0.3) is 7.82 Å².